The molecule has 3 fully saturated rings. The minimum absolute atomic E-state index is 0. The fourth-order valence-corrected chi connectivity index (χ4v) is 10.8. The third kappa shape index (κ3) is 6.41. The average molecular weight is 429 g/mol. The zero-order valence-electron chi connectivity index (χ0n) is 20.1. The molecule has 0 aromatic rings. The fraction of sp³-hybridized carbons (Fsp3) is 0.870. The van der Waals surface area contributed by atoms with Crippen LogP contribution in [0.3, 0.4) is 0 Å². The summed E-state index contributed by atoms with van der Waals surface area (Å²) in [7, 11) is 3.09. The molecule has 4 heteroatoms. The Morgan fingerprint density at radius 3 is 1.78 bits per heavy atom. The van der Waals surface area contributed by atoms with Crippen molar-refractivity contribution in [2.75, 3.05) is 14.1 Å². The maximum Gasteiger partial charge on any atom is 4.00 e. The van der Waals surface area contributed by atoms with Crippen LogP contribution in [0.15, 0.2) is 0 Å². The van der Waals surface area contributed by atoms with Crippen molar-refractivity contribution >= 4 is 8.24 Å². The van der Waals surface area contributed by atoms with Crippen LogP contribution in [-0.2, 0) is 21.7 Å². The molecule has 0 heterocycles. The van der Waals surface area contributed by atoms with Crippen LogP contribution in [0.25, 0.3) is 4.98 Å². The zero-order valence-corrected chi connectivity index (χ0v) is 22.7. The van der Waals surface area contributed by atoms with Gasteiger partial charge in [0.25, 0.3) is 0 Å². The van der Waals surface area contributed by atoms with Crippen LogP contribution >= 0.6 is 0 Å². The van der Waals surface area contributed by atoms with E-state index in [9.17, 15) is 0 Å². The van der Waals surface area contributed by atoms with Crippen LogP contribution in [0.1, 0.15) is 59.3 Å². The Balaban J connectivity index is 0. The number of hydrogen-bond acceptors (Lipinski definition) is 1. The molecule has 0 radical (unpaired) electrons. The number of nitrogens with zero attached hydrogens (tertiary/aromatic N) is 2. The van der Waals surface area contributed by atoms with Gasteiger partial charge in [0.2, 0.25) is 0 Å². The zero-order chi connectivity index (χ0) is 17.0. The van der Waals surface area contributed by atoms with Gasteiger partial charge in [0.1, 0.15) is 0 Å². The summed E-state index contributed by atoms with van der Waals surface area (Å²) < 4.78 is 0. The molecule has 27 heavy (non-hydrogen) atoms. The molecule has 158 valence electrons. The van der Waals surface area contributed by atoms with Gasteiger partial charge in [0.15, 0.2) is 0 Å². The van der Waals surface area contributed by atoms with Gasteiger partial charge in [-0.3, -0.25) is 0 Å². The van der Waals surface area contributed by atoms with Gasteiger partial charge in [0.05, 0.1) is 0 Å². The first-order valence-electron chi connectivity index (χ1n) is 9.99. The van der Waals surface area contributed by atoms with E-state index in [1.54, 1.807) is 0 Å². The van der Waals surface area contributed by atoms with Gasteiger partial charge >= 0.3 is 21.7 Å². The predicted octanol–water partition coefficient (Wildman–Crippen LogP) is 6.86. The van der Waals surface area contributed by atoms with Crippen molar-refractivity contribution in [2.45, 2.75) is 89.5 Å². The molecule has 0 aromatic carbocycles. The molecule has 0 amide bonds. The van der Waals surface area contributed by atoms with Crippen molar-refractivity contribution in [1.29, 1.82) is 0 Å². The molecule has 0 aliphatic heterocycles. The summed E-state index contributed by atoms with van der Waals surface area (Å²) in [5.41, 5.74) is 1.03. The molecule has 5 unspecified atom stereocenters. The summed E-state index contributed by atoms with van der Waals surface area (Å²) in [6.45, 7) is 12.0. The topological polar surface area (TPSA) is 17.3 Å². The standard InChI is InChI=1S/C20H39N2Si.3CH3.Ti/c1-20(2,3)21-23(6,7)19-13-18(22(4)5)16-11-14-9-8-10-15(14)12-17(16)19;;;;/h14-19H,8-13H2,1-7H3;3*1H3;/q4*-1;+4/t14?,15-,16?,17?,18?,19?;;;;/m0..../s1. The molecule has 6 atom stereocenters. The number of hydrogen-bond donors (Lipinski definition) is 0. The van der Waals surface area contributed by atoms with E-state index in [1.807, 2.05) is 0 Å². The molecule has 0 aromatic heterocycles. The normalized spacial score (nSPS) is 35.1. The van der Waals surface area contributed by atoms with Crippen molar-refractivity contribution in [1.82, 2.24) is 4.90 Å². The molecule has 0 saturated heterocycles. The summed E-state index contributed by atoms with van der Waals surface area (Å²) in [4.78, 5) is 7.96. The Labute approximate surface area is 189 Å². The Hall–Kier alpha value is 0.851. The maximum absolute atomic E-state index is 5.41. The van der Waals surface area contributed by atoms with E-state index in [1.165, 1.54) is 38.5 Å². The molecule has 0 spiro atoms. The largest absolute Gasteiger partial charge is 4.00 e. The molecule has 0 bridgehead atoms. The second-order valence-corrected chi connectivity index (χ2v) is 14.8. The third-order valence-corrected chi connectivity index (χ3v) is 10.9. The Morgan fingerprint density at radius 1 is 0.852 bits per heavy atom. The number of rotatable bonds is 3. The van der Waals surface area contributed by atoms with E-state index in [0.29, 0.717) is 0 Å². The third-order valence-electron chi connectivity index (χ3n) is 7.22. The summed E-state index contributed by atoms with van der Waals surface area (Å²) in [5.74, 6) is 4.03. The van der Waals surface area contributed by atoms with Crippen LogP contribution < -0.4 is 0 Å². The Bertz CT molecular complexity index is 433. The number of fused-ring (bicyclic) bond motifs is 2. The first-order valence-corrected chi connectivity index (χ1v) is 13.0. The van der Waals surface area contributed by atoms with E-state index < -0.39 is 8.24 Å². The predicted molar refractivity (Wildman–Crippen MR) is 123 cm³/mol. The molecule has 3 aliphatic carbocycles. The second-order valence-electron chi connectivity index (χ2n) is 10.6. The van der Waals surface area contributed by atoms with Crippen LogP contribution in [0.4, 0.5) is 0 Å². The summed E-state index contributed by atoms with van der Waals surface area (Å²) in [6, 6.07) is 0.813. The molecule has 0 N–H and O–H groups in total. The maximum atomic E-state index is 5.41. The van der Waals surface area contributed by atoms with Crippen molar-refractivity contribution in [3.8, 4) is 0 Å². The van der Waals surface area contributed by atoms with E-state index in [4.69, 9.17) is 4.98 Å². The average Bonchev–Trinajstić information content (AvgIpc) is 2.95. The first kappa shape index (κ1) is 30.0. The summed E-state index contributed by atoms with van der Waals surface area (Å²) >= 11 is 0. The van der Waals surface area contributed by atoms with Crippen LogP contribution in [0.2, 0.25) is 18.6 Å². The fourth-order valence-electron chi connectivity index (χ4n) is 6.65. The molecular formula is C23H48N2SiTi. The van der Waals surface area contributed by atoms with Gasteiger partial charge in [-0.2, -0.15) is 0 Å². The van der Waals surface area contributed by atoms with Gasteiger partial charge in [-0.25, -0.2) is 0 Å². The van der Waals surface area contributed by atoms with Crippen molar-refractivity contribution in [3.63, 3.8) is 0 Å². The second kappa shape index (κ2) is 10.8. The van der Waals surface area contributed by atoms with E-state index >= 15 is 0 Å². The van der Waals surface area contributed by atoms with Gasteiger partial charge < -0.3 is 32.2 Å². The van der Waals surface area contributed by atoms with E-state index in [-0.39, 0.29) is 49.5 Å². The molecule has 3 rings (SSSR count). The smallest absolute Gasteiger partial charge is 0.660 e. The monoisotopic (exact) mass is 428 g/mol. The van der Waals surface area contributed by atoms with E-state index in [2.05, 4.69) is 52.9 Å². The molecule has 3 aliphatic rings. The molecular weight excluding hydrogens is 380 g/mol. The SMILES string of the molecule is CN(C)C1CC([Si](C)(C)[N-]C(C)(C)C)C2C[C@@H]3CCCC3CC21.[CH3-].[CH3-].[CH3-].[Ti+4]. The van der Waals surface area contributed by atoms with Gasteiger partial charge in [-0.05, 0) is 57.0 Å². The molecule has 2 nitrogen and oxygen atoms in total. The summed E-state index contributed by atoms with van der Waals surface area (Å²) in [6.07, 6.45) is 9.01. The van der Waals surface area contributed by atoms with Crippen molar-refractivity contribution in [3.05, 3.63) is 27.3 Å². The van der Waals surface area contributed by atoms with Crippen LogP contribution in [0, 0.1) is 46.0 Å². The summed E-state index contributed by atoms with van der Waals surface area (Å²) in [5, 5.41) is 0. The van der Waals surface area contributed by atoms with Gasteiger partial charge in [-0.1, -0.05) is 66.9 Å². The van der Waals surface area contributed by atoms with Crippen LogP contribution in [0.5, 0.6) is 0 Å². The minimum Gasteiger partial charge on any atom is -0.660 e. The minimum atomic E-state index is -1.55. The van der Waals surface area contributed by atoms with Crippen molar-refractivity contribution < 1.29 is 21.7 Å². The van der Waals surface area contributed by atoms with Crippen LogP contribution in [-0.4, -0.2) is 38.8 Å². The molecule has 3 saturated carbocycles. The van der Waals surface area contributed by atoms with Gasteiger partial charge in [0, 0.05) is 6.04 Å². The first-order chi connectivity index (χ1) is 10.6. The van der Waals surface area contributed by atoms with Gasteiger partial charge in [-0.15, -0.1) is 5.54 Å². The Morgan fingerprint density at radius 2 is 1.33 bits per heavy atom. The Kier molecular flexibility index (Phi) is 12.0. The quantitative estimate of drug-likeness (QED) is 0.355. The van der Waals surface area contributed by atoms with Crippen molar-refractivity contribution in [2.24, 2.45) is 23.7 Å². The van der Waals surface area contributed by atoms with E-state index in [0.717, 1.165) is 35.3 Å².